The second-order valence-electron chi connectivity index (χ2n) is 3.68. The third-order valence-corrected chi connectivity index (χ3v) is 1.79. The van der Waals surface area contributed by atoms with Gasteiger partial charge in [0.25, 0.3) is 0 Å². The maximum Gasteiger partial charge on any atom is 0.333 e. The monoisotopic (exact) mass is 255 g/mol. The number of hydrogen-bond donors (Lipinski definition) is 1. The van der Waals surface area contributed by atoms with Gasteiger partial charge in [0, 0.05) is 12.0 Å². The van der Waals surface area contributed by atoms with Gasteiger partial charge in [0.2, 0.25) is 0 Å². The van der Waals surface area contributed by atoms with Crippen molar-refractivity contribution in [2.75, 3.05) is 6.61 Å². The average Bonchev–Trinajstić information content (AvgIpc) is 2.30. The van der Waals surface area contributed by atoms with Gasteiger partial charge in [0.1, 0.15) is 6.61 Å². The smallest absolute Gasteiger partial charge is 0.333 e. The van der Waals surface area contributed by atoms with E-state index in [1.54, 1.807) is 6.92 Å². The first-order chi connectivity index (χ1) is 8.45. The van der Waals surface area contributed by atoms with E-state index in [4.69, 9.17) is 10.4 Å². The van der Waals surface area contributed by atoms with Gasteiger partial charge in [-0.1, -0.05) is 26.3 Å². The summed E-state index contributed by atoms with van der Waals surface area (Å²) in [6.07, 6.45) is 3.51. The summed E-state index contributed by atoms with van der Waals surface area (Å²) >= 11 is 0. The molecule has 0 aliphatic heterocycles. The Balaban J connectivity index is 0. The van der Waals surface area contributed by atoms with E-state index in [-0.39, 0.29) is 13.0 Å². The lowest BCUT2D eigenvalue weighted by atomic mass is 10.2. The number of hydrogen-bond acceptors (Lipinski definition) is 4. The average molecular weight is 255 g/mol. The summed E-state index contributed by atoms with van der Waals surface area (Å²) in [6.45, 7) is 7.15. The van der Waals surface area contributed by atoms with Crippen molar-refractivity contribution in [1.29, 1.82) is 5.26 Å². The lowest BCUT2D eigenvalue weighted by molar-refractivity contribution is -0.139. The van der Waals surface area contributed by atoms with E-state index >= 15 is 0 Å². The standard InChI is InChI=1S/C7H9NO2.C6H12O2/c1-6(2)7(9)10-5-3-4-8;1-2-3-4-5-6(7)8/h1,3,5H2,2H3;2-5H2,1H3,(H,7,8). The molecule has 5 nitrogen and oxygen atoms in total. The zero-order valence-electron chi connectivity index (χ0n) is 11.1. The first-order valence-corrected chi connectivity index (χ1v) is 5.87. The SMILES string of the molecule is C=C(C)C(=O)OCCC#N.CCCCCC(=O)O. The van der Waals surface area contributed by atoms with Crippen molar-refractivity contribution >= 4 is 11.9 Å². The summed E-state index contributed by atoms with van der Waals surface area (Å²) < 4.78 is 4.58. The number of carboxylic acid groups (broad SMARTS) is 1. The molecule has 0 heterocycles. The zero-order chi connectivity index (χ0) is 14.4. The number of aliphatic carboxylic acids is 1. The normalized spacial score (nSPS) is 8.50. The molecule has 0 aromatic heterocycles. The highest BCUT2D eigenvalue weighted by Crippen LogP contribution is 1.97. The molecule has 0 saturated carbocycles. The van der Waals surface area contributed by atoms with Crippen LogP contribution in [0.1, 0.15) is 46.0 Å². The van der Waals surface area contributed by atoms with Gasteiger partial charge < -0.3 is 9.84 Å². The molecule has 0 atom stereocenters. The molecule has 0 aliphatic carbocycles. The first kappa shape index (κ1) is 18.5. The van der Waals surface area contributed by atoms with Gasteiger partial charge in [-0.15, -0.1) is 0 Å². The van der Waals surface area contributed by atoms with Crippen LogP contribution in [0.15, 0.2) is 12.2 Å². The molecule has 0 bridgehead atoms. The minimum atomic E-state index is -0.682. The van der Waals surface area contributed by atoms with Crippen molar-refractivity contribution in [3.8, 4) is 6.07 Å². The Bertz CT molecular complexity index is 305. The molecule has 0 aromatic carbocycles. The molecule has 5 heteroatoms. The van der Waals surface area contributed by atoms with Crippen LogP contribution in [-0.2, 0) is 14.3 Å². The Hall–Kier alpha value is -1.83. The fourth-order valence-corrected chi connectivity index (χ4v) is 0.839. The summed E-state index contributed by atoms with van der Waals surface area (Å²) in [5.41, 5.74) is 0.359. The molecular weight excluding hydrogens is 234 g/mol. The molecule has 0 radical (unpaired) electrons. The Labute approximate surface area is 108 Å². The second kappa shape index (κ2) is 13.2. The van der Waals surface area contributed by atoms with Gasteiger partial charge in [-0.2, -0.15) is 5.26 Å². The number of carbonyl (C=O) groups is 2. The minimum absolute atomic E-state index is 0.155. The Morgan fingerprint density at radius 2 is 2.00 bits per heavy atom. The van der Waals surface area contributed by atoms with Gasteiger partial charge in [0.05, 0.1) is 12.5 Å². The fraction of sp³-hybridized carbons (Fsp3) is 0.615. The predicted octanol–water partition coefficient (Wildman–Crippen LogP) is 2.67. The summed E-state index contributed by atoms with van der Waals surface area (Å²) in [6, 6.07) is 1.86. The van der Waals surface area contributed by atoms with E-state index < -0.39 is 11.9 Å². The van der Waals surface area contributed by atoms with E-state index in [0.29, 0.717) is 12.0 Å². The van der Waals surface area contributed by atoms with Crippen LogP contribution in [0, 0.1) is 11.3 Å². The number of ether oxygens (including phenoxy) is 1. The molecule has 102 valence electrons. The molecule has 0 unspecified atom stereocenters. The van der Waals surface area contributed by atoms with E-state index in [1.165, 1.54) is 0 Å². The van der Waals surface area contributed by atoms with E-state index in [0.717, 1.165) is 19.3 Å². The Kier molecular flexibility index (Phi) is 13.6. The van der Waals surface area contributed by atoms with Crippen LogP contribution in [0.2, 0.25) is 0 Å². The minimum Gasteiger partial charge on any atom is -0.481 e. The van der Waals surface area contributed by atoms with Crippen LogP contribution in [0.5, 0.6) is 0 Å². The van der Waals surface area contributed by atoms with Crippen molar-refractivity contribution in [3.05, 3.63) is 12.2 Å². The zero-order valence-corrected chi connectivity index (χ0v) is 11.1. The number of carboxylic acids is 1. The van der Waals surface area contributed by atoms with Crippen LogP contribution in [0.3, 0.4) is 0 Å². The number of unbranched alkanes of at least 4 members (excludes halogenated alkanes) is 2. The largest absolute Gasteiger partial charge is 0.481 e. The third-order valence-electron chi connectivity index (χ3n) is 1.79. The molecule has 1 N–H and O–H groups in total. The molecule has 0 spiro atoms. The molecule has 0 amide bonds. The van der Waals surface area contributed by atoms with Gasteiger partial charge >= 0.3 is 11.9 Å². The van der Waals surface area contributed by atoms with Crippen LogP contribution < -0.4 is 0 Å². The van der Waals surface area contributed by atoms with Crippen molar-refractivity contribution < 1.29 is 19.4 Å². The van der Waals surface area contributed by atoms with Crippen molar-refractivity contribution in [2.24, 2.45) is 0 Å². The van der Waals surface area contributed by atoms with Crippen LogP contribution in [-0.4, -0.2) is 23.7 Å². The quantitative estimate of drug-likeness (QED) is 0.429. The predicted molar refractivity (Wildman–Crippen MR) is 67.8 cm³/mol. The van der Waals surface area contributed by atoms with Crippen LogP contribution in [0.25, 0.3) is 0 Å². The molecule has 0 aliphatic rings. The van der Waals surface area contributed by atoms with Crippen LogP contribution in [0.4, 0.5) is 0 Å². The van der Waals surface area contributed by atoms with Gasteiger partial charge in [-0.3, -0.25) is 4.79 Å². The van der Waals surface area contributed by atoms with E-state index in [2.05, 4.69) is 18.2 Å². The maximum atomic E-state index is 10.6. The first-order valence-electron chi connectivity index (χ1n) is 5.87. The summed E-state index contributed by atoms with van der Waals surface area (Å²) in [7, 11) is 0. The summed E-state index contributed by atoms with van der Waals surface area (Å²) in [4.78, 5) is 20.5. The van der Waals surface area contributed by atoms with E-state index in [1.807, 2.05) is 6.07 Å². The molecule has 0 aromatic rings. The molecule has 18 heavy (non-hydrogen) atoms. The molecular formula is C13H21NO4. The number of rotatable bonds is 7. The lowest BCUT2D eigenvalue weighted by Gasteiger charge is -1.98. The lowest BCUT2D eigenvalue weighted by Crippen LogP contribution is -2.05. The second-order valence-corrected chi connectivity index (χ2v) is 3.68. The molecule has 0 saturated heterocycles. The third kappa shape index (κ3) is 16.6. The summed E-state index contributed by atoms with van der Waals surface area (Å²) in [5.74, 6) is -1.12. The van der Waals surface area contributed by atoms with Gasteiger partial charge in [0.15, 0.2) is 0 Å². The maximum absolute atomic E-state index is 10.6. The highest BCUT2D eigenvalue weighted by Gasteiger charge is 2.00. The van der Waals surface area contributed by atoms with Crippen LogP contribution >= 0.6 is 0 Å². The fourth-order valence-electron chi connectivity index (χ4n) is 0.839. The van der Waals surface area contributed by atoms with E-state index in [9.17, 15) is 9.59 Å². The number of nitrogens with zero attached hydrogens (tertiary/aromatic N) is 1. The molecule has 0 fully saturated rings. The summed E-state index contributed by atoms with van der Waals surface area (Å²) in [5, 5.41) is 16.2. The van der Waals surface area contributed by atoms with Crippen molar-refractivity contribution in [1.82, 2.24) is 0 Å². The van der Waals surface area contributed by atoms with Gasteiger partial charge in [-0.05, 0) is 13.3 Å². The van der Waals surface area contributed by atoms with Crippen molar-refractivity contribution in [2.45, 2.75) is 46.0 Å². The van der Waals surface area contributed by atoms with Gasteiger partial charge in [-0.25, -0.2) is 4.79 Å². The number of carbonyl (C=O) groups excluding carboxylic acids is 1. The molecule has 0 rings (SSSR count). The number of esters is 1. The Morgan fingerprint density at radius 3 is 2.39 bits per heavy atom. The van der Waals surface area contributed by atoms with Crippen molar-refractivity contribution in [3.63, 3.8) is 0 Å². The highest BCUT2D eigenvalue weighted by molar-refractivity contribution is 5.86. The highest BCUT2D eigenvalue weighted by atomic mass is 16.5. The topological polar surface area (TPSA) is 87.4 Å². The Morgan fingerprint density at radius 1 is 1.39 bits per heavy atom. The number of nitriles is 1.